The number of rotatable bonds is 5. The molecule has 0 saturated heterocycles. The first kappa shape index (κ1) is 33.3. The van der Waals surface area contributed by atoms with E-state index in [0.717, 1.165) is 50.4 Å². The maximum absolute atomic E-state index is 5.30. The molecule has 280 valence electrons. The van der Waals surface area contributed by atoms with Gasteiger partial charge in [-0.2, -0.15) is 0 Å². The molecule has 0 bridgehead atoms. The summed E-state index contributed by atoms with van der Waals surface area (Å²) in [6.07, 6.45) is 0. The van der Waals surface area contributed by atoms with Gasteiger partial charge >= 0.3 is 0 Å². The monoisotopic (exact) mass is 784 g/mol. The maximum atomic E-state index is 5.30. The van der Waals surface area contributed by atoms with E-state index < -0.39 is 0 Å². The topological polar surface area (TPSA) is 53.5 Å². The van der Waals surface area contributed by atoms with E-state index in [1.165, 1.54) is 47.8 Å². The number of fused-ring (bicyclic) bond motifs is 10. The molecule has 6 nitrogen and oxygen atoms in total. The summed E-state index contributed by atoms with van der Waals surface area (Å²) < 4.78 is 7.22. The van der Waals surface area contributed by atoms with Gasteiger partial charge in [-0.05, 0) is 66.7 Å². The lowest BCUT2D eigenvalue weighted by molar-refractivity contribution is 1.02. The van der Waals surface area contributed by atoms with E-state index in [1.807, 2.05) is 30.0 Å². The third-order valence-corrected chi connectivity index (χ3v) is 13.0. The van der Waals surface area contributed by atoms with Gasteiger partial charge < -0.3 is 4.57 Å². The van der Waals surface area contributed by atoms with Crippen LogP contribution in [0.15, 0.2) is 204 Å². The van der Waals surface area contributed by atoms with Gasteiger partial charge in [0.05, 0.1) is 27.8 Å². The Hall–Kier alpha value is -7.74. The molecule has 0 fully saturated rings. The van der Waals surface area contributed by atoms with Gasteiger partial charge in [0.15, 0.2) is 17.5 Å². The van der Waals surface area contributed by atoms with Gasteiger partial charge in [-0.3, -0.25) is 9.13 Å². The van der Waals surface area contributed by atoms with Gasteiger partial charge in [-0.15, -0.1) is 0 Å². The van der Waals surface area contributed by atoms with Gasteiger partial charge in [-0.1, -0.05) is 139 Å². The van der Waals surface area contributed by atoms with E-state index in [2.05, 4.69) is 190 Å². The van der Waals surface area contributed by atoms with Gasteiger partial charge in [-0.25, -0.2) is 15.0 Å². The Morgan fingerprint density at radius 1 is 0.350 bits per heavy atom. The first-order valence-electron chi connectivity index (χ1n) is 20.1. The fourth-order valence-electron chi connectivity index (χ4n) is 9.27. The SMILES string of the molecule is c1ccc(-c2nc(-c3ccc4c(c3)-n3c5c(cccc5c5c6ccccc6n(-c6ccccc6)c53)S4)nc(-c3ccc4c5ccccc5n(-c5ccccc5)c4c3)n2)cc1. The fraction of sp³-hybridized carbons (Fsp3) is 0. The maximum Gasteiger partial charge on any atom is 0.164 e. The Kier molecular flexibility index (Phi) is 7.14. The normalized spacial score (nSPS) is 12.3. The van der Waals surface area contributed by atoms with Crippen LogP contribution in [0.2, 0.25) is 0 Å². The minimum absolute atomic E-state index is 0.623. The average Bonchev–Trinajstić information content (AvgIpc) is 3.96. The average molecular weight is 785 g/mol. The first-order chi connectivity index (χ1) is 29.8. The molecule has 0 spiro atoms. The number of aromatic nitrogens is 6. The highest BCUT2D eigenvalue weighted by Gasteiger charge is 2.28. The molecule has 0 aliphatic carbocycles. The van der Waals surface area contributed by atoms with Crippen molar-refractivity contribution < 1.29 is 0 Å². The van der Waals surface area contributed by atoms with E-state index in [9.17, 15) is 0 Å². The molecule has 0 saturated carbocycles. The zero-order valence-electron chi connectivity index (χ0n) is 32.1. The number of hydrogen-bond acceptors (Lipinski definition) is 4. The molecule has 1 aliphatic rings. The second-order valence-corrected chi connectivity index (χ2v) is 16.3. The minimum atomic E-state index is 0.623. The van der Waals surface area contributed by atoms with Crippen LogP contribution in [0.1, 0.15) is 0 Å². The van der Waals surface area contributed by atoms with E-state index in [-0.39, 0.29) is 0 Å². The molecular weight excluding hydrogens is 753 g/mol. The Labute approximate surface area is 348 Å². The summed E-state index contributed by atoms with van der Waals surface area (Å²) in [5, 5.41) is 6.12. The molecule has 1 aliphatic heterocycles. The molecule has 0 unspecified atom stereocenters. The van der Waals surface area contributed by atoms with E-state index in [1.54, 1.807) is 0 Å². The molecule has 60 heavy (non-hydrogen) atoms. The van der Waals surface area contributed by atoms with Crippen molar-refractivity contribution in [3.8, 4) is 51.2 Å². The van der Waals surface area contributed by atoms with E-state index in [0.29, 0.717) is 17.5 Å². The molecule has 13 rings (SSSR count). The Morgan fingerprint density at radius 3 is 1.63 bits per heavy atom. The van der Waals surface area contributed by atoms with Gasteiger partial charge in [0.1, 0.15) is 5.65 Å². The molecule has 12 aromatic rings. The van der Waals surface area contributed by atoms with Crippen LogP contribution < -0.4 is 0 Å². The zero-order valence-corrected chi connectivity index (χ0v) is 32.9. The predicted molar refractivity (Wildman–Crippen MR) is 246 cm³/mol. The van der Waals surface area contributed by atoms with Crippen molar-refractivity contribution in [1.29, 1.82) is 0 Å². The van der Waals surface area contributed by atoms with Crippen LogP contribution in [0.4, 0.5) is 0 Å². The van der Waals surface area contributed by atoms with Crippen LogP contribution in [0, 0.1) is 0 Å². The highest BCUT2D eigenvalue weighted by atomic mass is 32.2. The van der Waals surface area contributed by atoms with E-state index >= 15 is 0 Å². The first-order valence-corrected chi connectivity index (χ1v) is 20.9. The van der Waals surface area contributed by atoms with Gasteiger partial charge in [0.2, 0.25) is 0 Å². The molecule has 0 amide bonds. The zero-order chi connectivity index (χ0) is 39.3. The van der Waals surface area contributed by atoms with Crippen molar-refractivity contribution in [3.05, 3.63) is 194 Å². The highest BCUT2D eigenvalue weighted by Crippen LogP contribution is 2.50. The van der Waals surface area contributed by atoms with Crippen LogP contribution in [0.5, 0.6) is 0 Å². The fourth-order valence-corrected chi connectivity index (χ4v) is 10.3. The summed E-state index contributed by atoms with van der Waals surface area (Å²) in [6, 6.07) is 68.8. The quantitative estimate of drug-likeness (QED) is 0.174. The van der Waals surface area contributed by atoms with Crippen molar-refractivity contribution in [1.82, 2.24) is 28.7 Å². The number of nitrogens with zero attached hydrogens (tertiary/aromatic N) is 6. The lowest BCUT2D eigenvalue weighted by Gasteiger charge is -2.22. The van der Waals surface area contributed by atoms with Crippen LogP contribution in [0.3, 0.4) is 0 Å². The summed E-state index contributed by atoms with van der Waals surface area (Å²) in [6.45, 7) is 0. The predicted octanol–water partition coefficient (Wildman–Crippen LogP) is 13.5. The van der Waals surface area contributed by atoms with Crippen LogP contribution in [0.25, 0.3) is 106 Å². The molecular formula is C53H32N6S. The van der Waals surface area contributed by atoms with Crippen LogP contribution in [-0.4, -0.2) is 28.7 Å². The summed E-state index contributed by atoms with van der Waals surface area (Å²) in [5.41, 5.74) is 11.9. The number of hydrogen-bond donors (Lipinski definition) is 0. The third-order valence-electron chi connectivity index (χ3n) is 11.9. The summed E-state index contributed by atoms with van der Waals surface area (Å²) in [4.78, 5) is 18.1. The largest absolute Gasteiger partial charge is 0.309 e. The smallest absolute Gasteiger partial charge is 0.164 e. The van der Waals surface area contributed by atoms with Crippen molar-refractivity contribution in [2.75, 3.05) is 0 Å². The standard InChI is InChI=1S/C53H32N6S/c1-4-15-33(16-5-1)50-54-51(34-27-29-39-38-21-10-12-24-42(38)57(44(39)31-34)36-17-6-2-7-18-36)56-52(55-50)35-28-30-46-45(32-35)59-49-41(23-14-26-47(49)60-46)48-40-22-11-13-25-43(40)58(53(48)59)37-19-8-3-9-20-37/h1-32H. The van der Waals surface area contributed by atoms with Crippen LogP contribution in [-0.2, 0) is 0 Å². The summed E-state index contributed by atoms with van der Waals surface area (Å²) in [5.74, 6) is 1.88. The minimum Gasteiger partial charge on any atom is -0.309 e. The van der Waals surface area contributed by atoms with Crippen molar-refractivity contribution in [2.24, 2.45) is 0 Å². The lowest BCUT2D eigenvalue weighted by Crippen LogP contribution is -2.06. The van der Waals surface area contributed by atoms with Crippen molar-refractivity contribution >= 4 is 66.4 Å². The molecule has 0 radical (unpaired) electrons. The second kappa shape index (κ2) is 12.9. The summed E-state index contributed by atoms with van der Waals surface area (Å²) in [7, 11) is 0. The number of para-hydroxylation sites is 5. The van der Waals surface area contributed by atoms with Crippen molar-refractivity contribution in [2.45, 2.75) is 9.79 Å². The van der Waals surface area contributed by atoms with Gasteiger partial charge in [0, 0.05) is 64.8 Å². The molecule has 4 aromatic heterocycles. The number of benzene rings is 8. The second-order valence-electron chi connectivity index (χ2n) is 15.3. The molecule has 0 N–H and O–H groups in total. The molecule has 5 heterocycles. The summed E-state index contributed by atoms with van der Waals surface area (Å²) >= 11 is 1.82. The van der Waals surface area contributed by atoms with Crippen molar-refractivity contribution in [3.63, 3.8) is 0 Å². The molecule has 7 heteroatoms. The molecule has 8 aromatic carbocycles. The Bertz CT molecular complexity index is 3680. The Balaban J connectivity index is 1.05. The van der Waals surface area contributed by atoms with E-state index in [4.69, 9.17) is 15.0 Å². The van der Waals surface area contributed by atoms with Crippen LogP contribution >= 0.6 is 11.8 Å². The molecule has 0 atom stereocenters. The lowest BCUT2D eigenvalue weighted by atomic mass is 10.1. The van der Waals surface area contributed by atoms with Gasteiger partial charge in [0.25, 0.3) is 0 Å². The highest BCUT2D eigenvalue weighted by molar-refractivity contribution is 7.99. The third kappa shape index (κ3) is 4.87. The Morgan fingerprint density at radius 2 is 0.900 bits per heavy atom.